The van der Waals surface area contributed by atoms with Crippen LogP contribution in [0.1, 0.15) is 57.6 Å². The number of piperidine rings is 1. The number of hydrogen-bond donors (Lipinski definition) is 2. The number of rotatable bonds is 5. The van der Waals surface area contributed by atoms with E-state index in [0.717, 1.165) is 38.9 Å². The minimum atomic E-state index is -0.662. The second-order valence-electron chi connectivity index (χ2n) is 9.57. The van der Waals surface area contributed by atoms with Crippen LogP contribution < -0.4 is 5.32 Å². The average molecular weight is 402 g/mol. The molecule has 2 fully saturated rings. The third kappa shape index (κ3) is 5.80. The van der Waals surface area contributed by atoms with Gasteiger partial charge in [-0.15, -0.1) is 0 Å². The van der Waals surface area contributed by atoms with Gasteiger partial charge in [-0.1, -0.05) is 45.0 Å². The Hall–Kier alpha value is -1.92. The SMILES string of the molecule is CC(C)(C)c1ccc(CC2(O)CCN(CCNC(=O)N3CCCC3=O)CC2)cc1. The molecule has 1 aromatic rings. The maximum atomic E-state index is 12.0. The monoisotopic (exact) mass is 401 g/mol. The zero-order chi connectivity index (χ0) is 21.1. The molecule has 2 heterocycles. The summed E-state index contributed by atoms with van der Waals surface area (Å²) < 4.78 is 0. The third-order valence-corrected chi connectivity index (χ3v) is 6.16. The van der Waals surface area contributed by atoms with Gasteiger partial charge in [0.05, 0.1) is 5.60 Å². The summed E-state index contributed by atoms with van der Waals surface area (Å²) in [5.74, 6) is -0.0823. The van der Waals surface area contributed by atoms with E-state index in [-0.39, 0.29) is 17.4 Å². The molecule has 2 aliphatic heterocycles. The molecular weight excluding hydrogens is 366 g/mol. The molecule has 0 unspecified atom stereocenters. The zero-order valence-corrected chi connectivity index (χ0v) is 18.0. The lowest BCUT2D eigenvalue weighted by Gasteiger charge is -2.38. The fourth-order valence-corrected chi connectivity index (χ4v) is 4.15. The van der Waals surface area contributed by atoms with Gasteiger partial charge in [-0.3, -0.25) is 9.69 Å². The second kappa shape index (κ2) is 8.84. The number of aliphatic hydroxyl groups is 1. The number of urea groups is 1. The van der Waals surface area contributed by atoms with Crippen LogP contribution in [0, 0.1) is 0 Å². The van der Waals surface area contributed by atoms with Gasteiger partial charge in [0, 0.05) is 45.6 Å². The average Bonchev–Trinajstić information content (AvgIpc) is 3.09. The summed E-state index contributed by atoms with van der Waals surface area (Å²) in [7, 11) is 0. The molecule has 2 aliphatic rings. The molecule has 0 aromatic heterocycles. The Morgan fingerprint density at radius 3 is 2.34 bits per heavy atom. The van der Waals surface area contributed by atoms with Crippen LogP contribution in [0.15, 0.2) is 24.3 Å². The fourth-order valence-electron chi connectivity index (χ4n) is 4.15. The zero-order valence-electron chi connectivity index (χ0n) is 18.0. The Kier molecular flexibility index (Phi) is 6.64. The summed E-state index contributed by atoms with van der Waals surface area (Å²) in [6, 6.07) is 8.34. The van der Waals surface area contributed by atoms with Crippen LogP contribution in [-0.2, 0) is 16.6 Å². The van der Waals surface area contributed by atoms with Crippen LogP contribution in [0.3, 0.4) is 0 Å². The highest BCUT2D eigenvalue weighted by Crippen LogP contribution is 2.28. The van der Waals surface area contributed by atoms with Gasteiger partial charge in [-0.05, 0) is 35.8 Å². The summed E-state index contributed by atoms with van der Waals surface area (Å²) >= 11 is 0. The van der Waals surface area contributed by atoms with Gasteiger partial charge < -0.3 is 15.3 Å². The highest BCUT2D eigenvalue weighted by molar-refractivity contribution is 5.95. The van der Waals surface area contributed by atoms with E-state index in [1.54, 1.807) is 0 Å². The number of likely N-dealkylation sites (tertiary alicyclic amines) is 2. The van der Waals surface area contributed by atoms with Crippen LogP contribution >= 0.6 is 0 Å². The Bertz CT molecular complexity index is 716. The van der Waals surface area contributed by atoms with Crippen molar-refractivity contribution in [3.05, 3.63) is 35.4 Å². The van der Waals surface area contributed by atoms with Crippen molar-refractivity contribution in [1.82, 2.24) is 15.1 Å². The lowest BCUT2D eigenvalue weighted by molar-refractivity contribution is -0.125. The quantitative estimate of drug-likeness (QED) is 0.796. The normalized spacial score (nSPS) is 20.1. The summed E-state index contributed by atoms with van der Waals surface area (Å²) in [6.07, 6.45) is 3.37. The van der Waals surface area contributed by atoms with Gasteiger partial charge >= 0.3 is 6.03 Å². The predicted octanol–water partition coefficient (Wildman–Crippen LogP) is 2.69. The first-order valence-corrected chi connectivity index (χ1v) is 10.8. The van der Waals surface area contributed by atoms with Gasteiger partial charge in [-0.2, -0.15) is 0 Å². The van der Waals surface area contributed by atoms with Crippen molar-refractivity contribution in [3.63, 3.8) is 0 Å². The molecule has 0 atom stereocenters. The molecule has 0 bridgehead atoms. The van der Waals surface area contributed by atoms with Gasteiger partial charge in [0.25, 0.3) is 0 Å². The van der Waals surface area contributed by atoms with Crippen LogP contribution in [-0.4, -0.2) is 65.2 Å². The maximum absolute atomic E-state index is 12.0. The van der Waals surface area contributed by atoms with Crippen LogP contribution in [0.5, 0.6) is 0 Å². The van der Waals surface area contributed by atoms with E-state index >= 15 is 0 Å². The predicted molar refractivity (Wildman–Crippen MR) is 114 cm³/mol. The van der Waals surface area contributed by atoms with E-state index in [2.05, 4.69) is 55.3 Å². The van der Waals surface area contributed by atoms with Crippen molar-refractivity contribution >= 4 is 11.9 Å². The number of nitrogens with zero attached hydrogens (tertiary/aromatic N) is 2. The minimum absolute atomic E-state index is 0.0823. The molecule has 2 saturated heterocycles. The van der Waals surface area contributed by atoms with Crippen LogP contribution in [0.4, 0.5) is 4.79 Å². The van der Waals surface area contributed by atoms with Crippen LogP contribution in [0.2, 0.25) is 0 Å². The Morgan fingerprint density at radius 1 is 1.14 bits per heavy atom. The van der Waals surface area contributed by atoms with Crippen molar-refractivity contribution in [2.24, 2.45) is 0 Å². The van der Waals surface area contributed by atoms with Gasteiger partial charge in [0.2, 0.25) is 5.91 Å². The number of amides is 3. The van der Waals surface area contributed by atoms with E-state index < -0.39 is 5.60 Å². The van der Waals surface area contributed by atoms with Crippen molar-refractivity contribution in [3.8, 4) is 0 Å². The molecule has 1 aromatic carbocycles. The van der Waals surface area contributed by atoms with E-state index in [9.17, 15) is 14.7 Å². The molecule has 0 saturated carbocycles. The fraction of sp³-hybridized carbons (Fsp3) is 0.652. The topological polar surface area (TPSA) is 72.9 Å². The van der Waals surface area contributed by atoms with Crippen molar-refractivity contribution in [2.45, 2.75) is 63.9 Å². The van der Waals surface area contributed by atoms with E-state index in [1.807, 2.05) is 0 Å². The Labute approximate surface area is 174 Å². The molecule has 6 heteroatoms. The van der Waals surface area contributed by atoms with Gasteiger partial charge in [0.1, 0.15) is 0 Å². The molecule has 0 aliphatic carbocycles. The van der Waals surface area contributed by atoms with Gasteiger partial charge in [0.15, 0.2) is 0 Å². The first-order chi connectivity index (χ1) is 13.7. The Balaban J connectivity index is 1.41. The minimum Gasteiger partial charge on any atom is -0.389 e. The lowest BCUT2D eigenvalue weighted by atomic mass is 9.83. The second-order valence-corrected chi connectivity index (χ2v) is 9.57. The van der Waals surface area contributed by atoms with E-state index in [4.69, 9.17) is 0 Å². The van der Waals surface area contributed by atoms with Crippen molar-refractivity contribution in [2.75, 3.05) is 32.7 Å². The molecule has 0 spiro atoms. The van der Waals surface area contributed by atoms with E-state index in [0.29, 0.717) is 25.9 Å². The number of carbonyl (C=O) groups is 2. The third-order valence-electron chi connectivity index (χ3n) is 6.16. The Morgan fingerprint density at radius 2 is 1.79 bits per heavy atom. The molecule has 0 radical (unpaired) electrons. The lowest BCUT2D eigenvalue weighted by Crippen LogP contribution is -2.48. The first kappa shape index (κ1) is 21.8. The van der Waals surface area contributed by atoms with Crippen LogP contribution in [0.25, 0.3) is 0 Å². The van der Waals surface area contributed by atoms with Gasteiger partial charge in [-0.25, -0.2) is 4.79 Å². The van der Waals surface area contributed by atoms with Crippen molar-refractivity contribution < 1.29 is 14.7 Å². The molecule has 3 amide bonds. The molecule has 6 nitrogen and oxygen atoms in total. The molecule has 3 rings (SSSR count). The summed E-state index contributed by atoms with van der Waals surface area (Å²) in [5, 5.41) is 13.9. The number of imide groups is 1. The molecule has 2 N–H and O–H groups in total. The van der Waals surface area contributed by atoms with E-state index in [1.165, 1.54) is 16.0 Å². The molecule has 160 valence electrons. The highest BCUT2D eigenvalue weighted by atomic mass is 16.3. The smallest absolute Gasteiger partial charge is 0.324 e. The number of nitrogens with one attached hydrogen (secondary N) is 1. The number of hydrogen-bond acceptors (Lipinski definition) is 4. The number of carbonyl (C=O) groups excluding carboxylic acids is 2. The molecule has 29 heavy (non-hydrogen) atoms. The first-order valence-electron chi connectivity index (χ1n) is 10.8. The summed E-state index contributed by atoms with van der Waals surface area (Å²) in [6.45, 7) is 10.0. The molecular formula is C23H35N3O3. The largest absolute Gasteiger partial charge is 0.389 e. The van der Waals surface area contributed by atoms with Crippen molar-refractivity contribution in [1.29, 1.82) is 0 Å². The number of benzene rings is 1. The summed E-state index contributed by atoms with van der Waals surface area (Å²) in [4.78, 5) is 27.2. The summed E-state index contributed by atoms with van der Waals surface area (Å²) in [5.41, 5.74) is 1.96. The standard InChI is InChI=1S/C23H35N3O3/c1-22(2,3)19-8-6-18(7-9-19)17-23(29)10-14-25(15-11-23)16-12-24-21(28)26-13-4-5-20(26)27/h6-9,29H,4-5,10-17H2,1-3H3,(H,24,28). The maximum Gasteiger partial charge on any atom is 0.324 e. The highest BCUT2D eigenvalue weighted by Gasteiger charge is 2.32.